The summed E-state index contributed by atoms with van der Waals surface area (Å²) in [5, 5.41) is 19.2. The number of nitrogens with two attached hydrogens (primary N) is 2. The minimum absolute atomic E-state index is 0.0546. The van der Waals surface area contributed by atoms with Gasteiger partial charge in [0.15, 0.2) is 0 Å². The van der Waals surface area contributed by atoms with Crippen LogP contribution in [0, 0.1) is 0 Å². The number of aliphatic hydroxyl groups is 1. The van der Waals surface area contributed by atoms with Crippen LogP contribution in [0.2, 0.25) is 0 Å². The van der Waals surface area contributed by atoms with Gasteiger partial charge in [-0.3, -0.25) is 0 Å². The minimum Gasteiger partial charge on any atom is -0.489 e. The summed E-state index contributed by atoms with van der Waals surface area (Å²) in [6, 6.07) is 4.89. The number of ether oxygens (including phenoxy) is 1. The third-order valence-electron chi connectivity index (χ3n) is 1.94. The van der Waals surface area contributed by atoms with Crippen LogP contribution in [0.15, 0.2) is 18.2 Å². The van der Waals surface area contributed by atoms with E-state index in [0.29, 0.717) is 17.1 Å². The molecule has 1 aromatic rings. The third-order valence-corrected chi connectivity index (χ3v) is 1.94. The number of nitrogens with zero attached hydrogens (tertiary/aromatic N) is 1. The first-order chi connectivity index (χ1) is 7.49. The van der Waals surface area contributed by atoms with Crippen LogP contribution < -0.4 is 16.2 Å². The molecule has 0 spiro atoms. The number of anilines is 2. The summed E-state index contributed by atoms with van der Waals surface area (Å²) in [4.78, 5) is 0. The van der Waals surface area contributed by atoms with Gasteiger partial charge in [-0.2, -0.15) is 5.06 Å². The van der Waals surface area contributed by atoms with Crippen molar-refractivity contribution in [3.05, 3.63) is 18.2 Å². The highest BCUT2D eigenvalue weighted by Gasteiger charge is 2.08. The number of rotatable bonds is 5. The Bertz CT molecular complexity index is 344. The van der Waals surface area contributed by atoms with E-state index in [1.807, 2.05) is 0 Å². The predicted molar refractivity (Wildman–Crippen MR) is 61.2 cm³/mol. The van der Waals surface area contributed by atoms with Gasteiger partial charge in [-0.25, -0.2) is 0 Å². The zero-order valence-electron chi connectivity index (χ0n) is 9.13. The van der Waals surface area contributed by atoms with Crippen molar-refractivity contribution in [2.75, 3.05) is 31.7 Å². The van der Waals surface area contributed by atoms with Gasteiger partial charge in [0.2, 0.25) is 0 Å². The summed E-state index contributed by atoms with van der Waals surface area (Å²) in [6.45, 7) is 0.161. The lowest BCUT2D eigenvalue weighted by molar-refractivity contribution is -0.0949. The lowest BCUT2D eigenvalue weighted by Crippen LogP contribution is -2.31. The number of aliphatic hydroxyl groups excluding tert-OH is 1. The summed E-state index contributed by atoms with van der Waals surface area (Å²) in [5.41, 5.74) is 12.2. The summed E-state index contributed by atoms with van der Waals surface area (Å²) >= 11 is 0. The topological polar surface area (TPSA) is 105 Å². The normalized spacial score (nSPS) is 12.8. The van der Waals surface area contributed by atoms with Crippen molar-refractivity contribution in [2.24, 2.45) is 0 Å². The molecule has 1 atom stereocenters. The smallest absolute Gasteiger partial charge is 0.142 e. The van der Waals surface area contributed by atoms with Crippen LogP contribution in [-0.4, -0.2) is 41.7 Å². The van der Waals surface area contributed by atoms with Crippen molar-refractivity contribution < 1.29 is 15.1 Å². The van der Waals surface area contributed by atoms with Crippen LogP contribution >= 0.6 is 0 Å². The Hall–Kier alpha value is -1.50. The van der Waals surface area contributed by atoms with E-state index in [1.54, 1.807) is 18.2 Å². The highest BCUT2D eigenvalue weighted by Crippen LogP contribution is 2.23. The Labute approximate surface area is 94.0 Å². The average Bonchev–Trinajstić information content (AvgIpc) is 2.15. The lowest BCUT2D eigenvalue weighted by Gasteiger charge is -2.16. The maximum atomic E-state index is 9.43. The molecular formula is C10H17N3O3. The zero-order chi connectivity index (χ0) is 12.1. The van der Waals surface area contributed by atoms with Crippen molar-refractivity contribution >= 4 is 11.4 Å². The third kappa shape index (κ3) is 3.93. The molecule has 1 aromatic carbocycles. The van der Waals surface area contributed by atoms with Gasteiger partial charge >= 0.3 is 0 Å². The first kappa shape index (κ1) is 12.6. The van der Waals surface area contributed by atoms with Gasteiger partial charge in [-0.1, -0.05) is 0 Å². The molecule has 16 heavy (non-hydrogen) atoms. The molecule has 0 fully saturated rings. The lowest BCUT2D eigenvalue weighted by atomic mass is 10.2. The van der Waals surface area contributed by atoms with Crippen LogP contribution in [0.5, 0.6) is 5.75 Å². The first-order valence-electron chi connectivity index (χ1n) is 4.85. The summed E-state index contributed by atoms with van der Waals surface area (Å²) in [7, 11) is 1.45. The van der Waals surface area contributed by atoms with Gasteiger partial charge in [0.1, 0.15) is 18.5 Å². The number of benzene rings is 1. The Morgan fingerprint density at radius 3 is 2.69 bits per heavy atom. The van der Waals surface area contributed by atoms with E-state index in [1.165, 1.54) is 7.05 Å². The Kier molecular flexibility index (Phi) is 4.36. The molecule has 0 amide bonds. The summed E-state index contributed by atoms with van der Waals surface area (Å²) in [5.74, 6) is 0.467. The van der Waals surface area contributed by atoms with Gasteiger partial charge in [-0.05, 0) is 18.2 Å². The number of likely N-dealkylation sites (N-methyl/N-ethyl adjacent to an activating group) is 1. The molecule has 0 aromatic heterocycles. The number of hydroxylamine groups is 2. The highest BCUT2D eigenvalue weighted by atomic mass is 16.5. The monoisotopic (exact) mass is 227 g/mol. The van der Waals surface area contributed by atoms with Gasteiger partial charge in [-0.15, -0.1) is 0 Å². The molecule has 0 heterocycles. The van der Waals surface area contributed by atoms with Crippen molar-refractivity contribution in [1.82, 2.24) is 5.06 Å². The molecule has 0 aliphatic carbocycles. The molecule has 6 heteroatoms. The second-order valence-electron chi connectivity index (χ2n) is 3.60. The molecule has 0 aliphatic heterocycles. The van der Waals surface area contributed by atoms with E-state index in [4.69, 9.17) is 21.4 Å². The fraction of sp³-hybridized carbons (Fsp3) is 0.400. The minimum atomic E-state index is -0.785. The molecular weight excluding hydrogens is 210 g/mol. The standard InChI is InChI=1S/C10H17N3O3/c1-13(15)5-8(14)6-16-10-3-2-7(11)4-9(10)12/h2-4,8,14-15H,5-6,11-12H2,1H3. The van der Waals surface area contributed by atoms with Gasteiger partial charge in [0, 0.05) is 12.7 Å². The molecule has 6 N–H and O–H groups in total. The van der Waals surface area contributed by atoms with E-state index in [9.17, 15) is 5.11 Å². The molecule has 0 bridgehead atoms. The molecule has 90 valence electrons. The first-order valence-corrected chi connectivity index (χ1v) is 4.85. The van der Waals surface area contributed by atoms with Crippen LogP contribution in [0.4, 0.5) is 11.4 Å². The maximum absolute atomic E-state index is 9.43. The molecule has 0 aliphatic rings. The SMILES string of the molecule is CN(O)CC(O)COc1ccc(N)cc1N. The molecule has 6 nitrogen and oxygen atoms in total. The van der Waals surface area contributed by atoms with Crippen LogP contribution in [0.1, 0.15) is 0 Å². The molecule has 1 rings (SSSR count). The number of nitrogen functional groups attached to an aromatic ring is 2. The largest absolute Gasteiger partial charge is 0.489 e. The number of hydrogen-bond donors (Lipinski definition) is 4. The van der Waals surface area contributed by atoms with Crippen LogP contribution in [0.3, 0.4) is 0 Å². The van der Waals surface area contributed by atoms with E-state index >= 15 is 0 Å². The maximum Gasteiger partial charge on any atom is 0.142 e. The average molecular weight is 227 g/mol. The fourth-order valence-corrected chi connectivity index (χ4v) is 1.24. The van der Waals surface area contributed by atoms with Crippen molar-refractivity contribution in [1.29, 1.82) is 0 Å². The van der Waals surface area contributed by atoms with Crippen LogP contribution in [0.25, 0.3) is 0 Å². The Balaban J connectivity index is 2.48. The van der Waals surface area contributed by atoms with Gasteiger partial charge < -0.3 is 26.5 Å². The van der Waals surface area contributed by atoms with Crippen molar-refractivity contribution in [2.45, 2.75) is 6.10 Å². The Morgan fingerprint density at radius 1 is 1.44 bits per heavy atom. The molecule has 1 unspecified atom stereocenters. The van der Waals surface area contributed by atoms with E-state index < -0.39 is 6.10 Å². The second kappa shape index (κ2) is 5.55. The quantitative estimate of drug-likeness (QED) is 0.414. The fourth-order valence-electron chi connectivity index (χ4n) is 1.24. The second-order valence-corrected chi connectivity index (χ2v) is 3.60. The van der Waals surface area contributed by atoms with E-state index in [2.05, 4.69) is 0 Å². The summed E-state index contributed by atoms with van der Waals surface area (Å²) < 4.78 is 5.29. The molecule has 0 saturated carbocycles. The van der Waals surface area contributed by atoms with E-state index in [-0.39, 0.29) is 13.2 Å². The predicted octanol–water partition coefficient (Wildman–Crippen LogP) is -0.0883. The van der Waals surface area contributed by atoms with Crippen molar-refractivity contribution in [3.8, 4) is 5.75 Å². The van der Waals surface area contributed by atoms with Gasteiger partial charge in [0.25, 0.3) is 0 Å². The Morgan fingerprint density at radius 2 is 2.12 bits per heavy atom. The molecule has 0 saturated heterocycles. The zero-order valence-corrected chi connectivity index (χ0v) is 9.13. The summed E-state index contributed by atoms with van der Waals surface area (Å²) in [6.07, 6.45) is -0.785. The van der Waals surface area contributed by atoms with Crippen molar-refractivity contribution in [3.63, 3.8) is 0 Å². The van der Waals surface area contributed by atoms with Gasteiger partial charge in [0.05, 0.1) is 12.2 Å². The molecule has 0 radical (unpaired) electrons. The van der Waals surface area contributed by atoms with E-state index in [0.717, 1.165) is 5.06 Å². The highest BCUT2D eigenvalue weighted by molar-refractivity contribution is 5.60. The van der Waals surface area contributed by atoms with Crippen LogP contribution in [-0.2, 0) is 0 Å². The number of hydrogen-bond acceptors (Lipinski definition) is 6.